The lowest BCUT2D eigenvalue weighted by Gasteiger charge is -2.09. The minimum atomic E-state index is -0.410. The normalized spacial score (nSPS) is 10.6. The van der Waals surface area contributed by atoms with Gasteiger partial charge in [-0.1, -0.05) is 12.0 Å². The molecular formula is C19H16FN3O2. The fourth-order valence-corrected chi connectivity index (χ4v) is 2.88. The lowest BCUT2D eigenvalue weighted by molar-refractivity contribution is 0.0538. The number of hydrogen-bond acceptors (Lipinski definition) is 3. The maximum Gasteiger partial charge on any atom is 0.277 e. The number of aryl methyl sites for hydroxylation is 1. The van der Waals surface area contributed by atoms with E-state index in [9.17, 15) is 9.18 Å². The second-order valence-corrected chi connectivity index (χ2v) is 5.52. The zero-order valence-electron chi connectivity index (χ0n) is 13.8. The first-order valence-electron chi connectivity index (χ1n) is 7.57. The number of rotatable bonds is 4. The minimum absolute atomic E-state index is 0.218. The van der Waals surface area contributed by atoms with E-state index in [1.54, 1.807) is 42.1 Å². The smallest absolute Gasteiger partial charge is 0.277 e. The molecule has 2 aromatic heterocycles. The van der Waals surface area contributed by atoms with E-state index in [4.69, 9.17) is 11.3 Å². The average Bonchev–Trinajstić information content (AvgIpc) is 2.89. The third kappa shape index (κ3) is 2.97. The number of benzene rings is 1. The third-order valence-corrected chi connectivity index (χ3v) is 4.07. The molecule has 0 saturated heterocycles. The number of nitrogens with one attached hydrogen (secondary N) is 1. The summed E-state index contributed by atoms with van der Waals surface area (Å²) in [4.78, 5) is 21.5. The Bertz CT molecular complexity index is 1000. The van der Waals surface area contributed by atoms with Crippen molar-refractivity contribution >= 4 is 16.9 Å². The highest BCUT2D eigenvalue weighted by Crippen LogP contribution is 2.27. The second-order valence-electron chi connectivity index (χ2n) is 5.52. The van der Waals surface area contributed by atoms with Gasteiger partial charge in [0.05, 0.1) is 12.7 Å². The summed E-state index contributed by atoms with van der Waals surface area (Å²) in [6.45, 7) is 0. The molecule has 3 rings (SSSR count). The molecular weight excluding hydrogens is 321 g/mol. The molecule has 0 bridgehead atoms. The van der Waals surface area contributed by atoms with Crippen LogP contribution in [0.3, 0.4) is 0 Å². The highest BCUT2D eigenvalue weighted by molar-refractivity contribution is 6.07. The number of fused-ring (bicyclic) bond motifs is 1. The molecule has 126 valence electrons. The number of nitrogens with zero attached hydrogens (tertiary/aromatic N) is 2. The lowest BCUT2D eigenvalue weighted by Crippen LogP contribution is -2.23. The Morgan fingerprint density at radius 2 is 2.24 bits per heavy atom. The minimum Gasteiger partial charge on any atom is -0.332 e. The van der Waals surface area contributed by atoms with Gasteiger partial charge < -0.3 is 4.57 Å². The predicted molar refractivity (Wildman–Crippen MR) is 92.3 cm³/mol. The number of aromatic nitrogens is 2. The SMILES string of the molecule is C#Cc1ccc(Cc2c(C(=O)NOC)c3cccnc3n2C)c(F)c1. The Morgan fingerprint density at radius 3 is 2.92 bits per heavy atom. The van der Waals surface area contributed by atoms with E-state index in [1.807, 2.05) is 0 Å². The van der Waals surface area contributed by atoms with Gasteiger partial charge in [0.15, 0.2) is 0 Å². The molecule has 25 heavy (non-hydrogen) atoms. The van der Waals surface area contributed by atoms with E-state index in [-0.39, 0.29) is 6.42 Å². The van der Waals surface area contributed by atoms with Crippen molar-refractivity contribution in [2.75, 3.05) is 7.11 Å². The molecule has 0 aliphatic rings. The molecule has 0 unspecified atom stereocenters. The van der Waals surface area contributed by atoms with Crippen molar-refractivity contribution in [3.8, 4) is 12.3 Å². The maximum atomic E-state index is 14.3. The van der Waals surface area contributed by atoms with Crippen LogP contribution < -0.4 is 5.48 Å². The molecule has 5 nitrogen and oxygen atoms in total. The number of carbonyl (C=O) groups is 1. The van der Waals surface area contributed by atoms with Gasteiger partial charge in [0.2, 0.25) is 0 Å². The van der Waals surface area contributed by atoms with Crippen LogP contribution in [0.15, 0.2) is 36.5 Å². The summed E-state index contributed by atoms with van der Waals surface area (Å²) in [5, 5.41) is 0.676. The maximum absolute atomic E-state index is 14.3. The van der Waals surface area contributed by atoms with Crippen molar-refractivity contribution in [2.24, 2.45) is 7.05 Å². The van der Waals surface area contributed by atoms with Crippen molar-refractivity contribution in [1.82, 2.24) is 15.0 Å². The van der Waals surface area contributed by atoms with Gasteiger partial charge in [-0.2, -0.15) is 0 Å². The summed E-state index contributed by atoms with van der Waals surface area (Å²) < 4.78 is 16.1. The van der Waals surface area contributed by atoms with Gasteiger partial charge >= 0.3 is 0 Å². The largest absolute Gasteiger partial charge is 0.332 e. The summed E-state index contributed by atoms with van der Waals surface area (Å²) in [5.74, 6) is 1.59. The lowest BCUT2D eigenvalue weighted by atomic mass is 10.0. The summed E-state index contributed by atoms with van der Waals surface area (Å²) in [5.41, 5.74) is 4.92. The molecule has 0 aliphatic carbocycles. The molecule has 0 saturated carbocycles. The topological polar surface area (TPSA) is 56.1 Å². The molecule has 0 fully saturated rings. The van der Waals surface area contributed by atoms with Crippen molar-refractivity contribution in [2.45, 2.75) is 6.42 Å². The van der Waals surface area contributed by atoms with Gasteiger partial charge in [-0.25, -0.2) is 14.9 Å². The van der Waals surface area contributed by atoms with Gasteiger partial charge in [-0.05, 0) is 29.8 Å². The van der Waals surface area contributed by atoms with Crippen LogP contribution in [0.5, 0.6) is 0 Å². The molecule has 1 N–H and O–H groups in total. The summed E-state index contributed by atoms with van der Waals surface area (Å²) >= 11 is 0. The standard InChI is InChI=1S/C19H16FN3O2/c1-4-12-7-8-13(15(20)10-12)11-16-17(19(24)22-25-3)14-6-5-9-21-18(14)23(16)2/h1,5-10H,11H2,2-3H3,(H,22,24). The van der Waals surface area contributed by atoms with Gasteiger partial charge in [0, 0.05) is 36.3 Å². The Morgan fingerprint density at radius 1 is 1.44 bits per heavy atom. The molecule has 0 aliphatic heterocycles. The van der Waals surface area contributed by atoms with Gasteiger partial charge in [-0.3, -0.25) is 9.63 Å². The number of hydrogen-bond donors (Lipinski definition) is 1. The van der Waals surface area contributed by atoms with Crippen LogP contribution in [-0.4, -0.2) is 22.6 Å². The molecule has 2 heterocycles. The van der Waals surface area contributed by atoms with Crippen molar-refractivity contribution in [3.05, 3.63) is 64.7 Å². The third-order valence-electron chi connectivity index (χ3n) is 4.07. The molecule has 0 atom stereocenters. The van der Waals surface area contributed by atoms with E-state index in [1.165, 1.54) is 13.2 Å². The van der Waals surface area contributed by atoms with Crippen LogP contribution in [-0.2, 0) is 18.3 Å². The van der Waals surface area contributed by atoms with Crippen LogP contribution in [0.1, 0.15) is 27.2 Å². The Labute approximate surface area is 144 Å². The van der Waals surface area contributed by atoms with E-state index in [2.05, 4.69) is 16.4 Å². The van der Waals surface area contributed by atoms with Gasteiger partial charge in [-0.15, -0.1) is 6.42 Å². The van der Waals surface area contributed by atoms with E-state index < -0.39 is 11.7 Å². The second kappa shape index (κ2) is 6.75. The number of pyridine rings is 1. The highest BCUT2D eigenvalue weighted by atomic mass is 19.1. The summed E-state index contributed by atoms with van der Waals surface area (Å²) in [7, 11) is 3.15. The first-order valence-corrected chi connectivity index (χ1v) is 7.57. The average molecular weight is 337 g/mol. The van der Waals surface area contributed by atoms with Crippen LogP contribution in [0.4, 0.5) is 4.39 Å². The Balaban J connectivity index is 2.15. The fraction of sp³-hybridized carbons (Fsp3) is 0.158. The Hall–Kier alpha value is -3.17. The summed E-state index contributed by atoms with van der Waals surface area (Å²) in [6.07, 6.45) is 7.16. The Kier molecular flexibility index (Phi) is 4.50. The fourth-order valence-electron chi connectivity index (χ4n) is 2.88. The molecule has 0 radical (unpaired) electrons. The van der Waals surface area contributed by atoms with Crippen LogP contribution in [0.2, 0.25) is 0 Å². The summed E-state index contributed by atoms with van der Waals surface area (Å²) in [6, 6.07) is 8.17. The van der Waals surface area contributed by atoms with Gasteiger partial charge in [0.1, 0.15) is 11.5 Å². The van der Waals surface area contributed by atoms with Gasteiger partial charge in [0.25, 0.3) is 5.91 Å². The number of amides is 1. The molecule has 1 aromatic carbocycles. The predicted octanol–water partition coefficient (Wildman–Crippen LogP) is 2.58. The molecule has 6 heteroatoms. The number of carbonyl (C=O) groups excluding carboxylic acids is 1. The van der Waals surface area contributed by atoms with E-state index >= 15 is 0 Å². The zero-order chi connectivity index (χ0) is 18.0. The van der Waals surface area contributed by atoms with Crippen molar-refractivity contribution < 1.29 is 14.0 Å². The number of hydroxylamine groups is 1. The zero-order valence-corrected chi connectivity index (χ0v) is 13.8. The molecule has 3 aromatic rings. The number of halogens is 1. The highest BCUT2D eigenvalue weighted by Gasteiger charge is 2.22. The first-order chi connectivity index (χ1) is 12.1. The quantitative estimate of drug-likeness (QED) is 0.588. The van der Waals surface area contributed by atoms with E-state index in [0.29, 0.717) is 33.4 Å². The number of terminal acetylenes is 1. The van der Waals surface area contributed by atoms with Crippen LogP contribution in [0, 0.1) is 18.2 Å². The van der Waals surface area contributed by atoms with Crippen LogP contribution in [0.25, 0.3) is 11.0 Å². The first kappa shape index (κ1) is 16.7. The van der Waals surface area contributed by atoms with Crippen molar-refractivity contribution in [3.63, 3.8) is 0 Å². The molecule has 1 amide bonds. The molecule has 0 spiro atoms. The monoisotopic (exact) mass is 337 g/mol. The van der Waals surface area contributed by atoms with Crippen molar-refractivity contribution in [1.29, 1.82) is 0 Å². The van der Waals surface area contributed by atoms with Crippen LogP contribution >= 0.6 is 0 Å². The van der Waals surface area contributed by atoms with E-state index in [0.717, 1.165) is 0 Å².